The quantitative estimate of drug-likeness (QED) is 0.913. The highest BCUT2D eigenvalue weighted by Gasteiger charge is 2.15. The van der Waals surface area contributed by atoms with E-state index in [1.807, 2.05) is 12.1 Å². The molecule has 0 amide bonds. The van der Waals surface area contributed by atoms with Crippen LogP contribution in [0.5, 0.6) is 5.75 Å². The second kappa shape index (κ2) is 5.69. The van der Waals surface area contributed by atoms with Gasteiger partial charge in [0.1, 0.15) is 5.75 Å². The molecule has 88 valence electrons. The summed E-state index contributed by atoms with van der Waals surface area (Å²) in [5, 5.41) is 3.60. The van der Waals surface area contributed by atoms with Crippen LogP contribution in [-0.4, -0.2) is 13.2 Å². The van der Waals surface area contributed by atoms with E-state index in [0.717, 1.165) is 16.8 Å². The second-order valence-corrected chi connectivity index (χ2v) is 5.14. The fraction of sp³-hybridized carbons (Fsp3) is 0.538. The van der Waals surface area contributed by atoms with E-state index in [1.165, 1.54) is 31.2 Å². The zero-order valence-corrected chi connectivity index (χ0v) is 11.2. The van der Waals surface area contributed by atoms with Gasteiger partial charge in [-0.3, -0.25) is 0 Å². The Labute approximate surface area is 106 Å². The molecule has 0 spiro atoms. The average Bonchev–Trinajstić information content (AvgIpc) is 2.80. The molecular formula is C13H18BrNO. The molecule has 2 nitrogen and oxygen atoms in total. The Bertz CT molecular complexity index is 348. The number of hydrogen-bond donors (Lipinski definition) is 1. The van der Waals surface area contributed by atoms with Gasteiger partial charge in [-0.15, -0.1) is 0 Å². The van der Waals surface area contributed by atoms with Crippen LogP contribution in [0.1, 0.15) is 31.2 Å². The summed E-state index contributed by atoms with van der Waals surface area (Å²) >= 11 is 3.58. The monoisotopic (exact) mass is 283 g/mol. The highest BCUT2D eigenvalue weighted by Crippen LogP contribution is 2.27. The average molecular weight is 284 g/mol. The topological polar surface area (TPSA) is 21.3 Å². The summed E-state index contributed by atoms with van der Waals surface area (Å²) in [6.07, 6.45) is 5.36. The number of benzene rings is 1. The molecule has 1 aromatic carbocycles. The molecule has 1 saturated carbocycles. The Hall–Kier alpha value is -0.540. The Balaban J connectivity index is 2.01. The van der Waals surface area contributed by atoms with Gasteiger partial charge in [-0.05, 0) is 25.0 Å². The summed E-state index contributed by atoms with van der Waals surface area (Å²) in [5.41, 5.74) is 1.22. The first-order chi connectivity index (χ1) is 7.81. The second-order valence-electron chi connectivity index (χ2n) is 4.28. The van der Waals surface area contributed by atoms with Gasteiger partial charge in [0.25, 0.3) is 0 Å². The van der Waals surface area contributed by atoms with Gasteiger partial charge in [-0.25, -0.2) is 0 Å². The van der Waals surface area contributed by atoms with Crippen LogP contribution < -0.4 is 10.1 Å². The lowest BCUT2D eigenvalue weighted by Crippen LogP contribution is -2.25. The Morgan fingerprint density at radius 1 is 1.38 bits per heavy atom. The summed E-state index contributed by atoms with van der Waals surface area (Å²) in [4.78, 5) is 0. The summed E-state index contributed by atoms with van der Waals surface area (Å²) in [5.74, 6) is 0.958. The van der Waals surface area contributed by atoms with Crippen molar-refractivity contribution in [1.29, 1.82) is 0 Å². The summed E-state index contributed by atoms with van der Waals surface area (Å²) in [7, 11) is 1.72. The number of hydrogen-bond acceptors (Lipinski definition) is 2. The van der Waals surface area contributed by atoms with Gasteiger partial charge in [0, 0.05) is 22.6 Å². The molecule has 1 fully saturated rings. The van der Waals surface area contributed by atoms with Gasteiger partial charge in [0.05, 0.1) is 7.11 Å². The third kappa shape index (κ3) is 2.77. The van der Waals surface area contributed by atoms with Crippen LogP contribution in [0.3, 0.4) is 0 Å². The van der Waals surface area contributed by atoms with E-state index in [-0.39, 0.29) is 0 Å². The zero-order chi connectivity index (χ0) is 11.4. The van der Waals surface area contributed by atoms with Crippen molar-refractivity contribution in [3.63, 3.8) is 0 Å². The fourth-order valence-electron chi connectivity index (χ4n) is 2.28. The lowest BCUT2D eigenvalue weighted by Gasteiger charge is -2.15. The van der Waals surface area contributed by atoms with E-state index < -0.39 is 0 Å². The van der Waals surface area contributed by atoms with E-state index in [2.05, 4.69) is 27.3 Å². The molecule has 1 N–H and O–H groups in total. The largest absolute Gasteiger partial charge is 0.496 e. The van der Waals surface area contributed by atoms with Crippen molar-refractivity contribution in [2.75, 3.05) is 7.11 Å². The molecule has 0 aromatic heterocycles. The van der Waals surface area contributed by atoms with Gasteiger partial charge in [0.2, 0.25) is 0 Å². The molecule has 1 aliphatic rings. The first-order valence-corrected chi connectivity index (χ1v) is 6.65. The van der Waals surface area contributed by atoms with Gasteiger partial charge in [-0.1, -0.05) is 34.8 Å². The lowest BCUT2D eigenvalue weighted by molar-refractivity contribution is 0.404. The number of halogens is 1. The molecule has 3 heteroatoms. The molecule has 0 saturated heterocycles. The smallest absolute Gasteiger partial charge is 0.124 e. The number of ether oxygens (including phenoxy) is 1. The van der Waals surface area contributed by atoms with Crippen molar-refractivity contribution in [2.45, 2.75) is 38.3 Å². The maximum Gasteiger partial charge on any atom is 0.124 e. The molecule has 1 aliphatic carbocycles. The fourth-order valence-corrected chi connectivity index (χ4v) is 2.77. The lowest BCUT2D eigenvalue weighted by atomic mass is 10.1. The van der Waals surface area contributed by atoms with E-state index >= 15 is 0 Å². The van der Waals surface area contributed by atoms with Crippen molar-refractivity contribution in [3.05, 3.63) is 28.2 Å². The van der Waals surface area contributed by atoms with Crippen molar-refractivity contribution < 1.29 is 4.74 Å². The van der Waals surface area contributed by atoms with Crippen LogP contribution in [0.25, 0.3) is 0 Å². The highest BCUT2D eigenvalue weighted by atomic mass is 79.9. The van der Waals surface area contributed by atoms with Crippen LogP contribution in [0.15, 0.2) is 22.7 Å². The Morgan fingerprint density at radius 2 is 2.12 bits per heavy atom. The van der Waals surface area contributed by atoms with Gasteiger partial charge in [-0.2, -0.15) is 0 Å². The molecule has 1 aromatic rings. The summed E-state index contributed by atoms with van der Waals surface area (Å²) in [6, 6.07) is 6.77. The Morgan fingerprint density at radius 3 is 2.81 bits per heavy atom. The van der Waals surface area contributed by atoms with Crippen molar-refractivity contribution in [1.82, 2.24) is 5.32 Å². The molecule has 0 atom stereocenters. The minimum atomic E-state index is 0.691. The first-order valence-electron chi connectivity index (χ1n) is 5.86. The van der Waals surface area contributed by atoms with Crippen LogP contribution >= 0.6 is 15.9 Å². The van der Waals surface area contributed by atoms with Crippen molar-refractivity contribution in [2.24, 2.45) is 0 Å². The van der Waals surface area contributed by atoms with E-state index in [4.69, 9.17) is 4.74 Å². The van der Waals surface area contributed by atoms with Gasteiger partial charge >= 0.3 is 0 Å². The van der Waals surface area contributed by atoms with Crippen LogP contribution in [0.4, 0.5) is 0 Å². The number of rotatable bonds is 4. The van der Waals surface area contributed by atoms with E-state index in [9.17, 15) is 0 Å². The standard InChI is InChI=1S/C13H18BrNO/c1-16-13-8-4-7-12(14)11(13)9-15-10-5-2-3-6-10/h4,7-8,10,15H,2-3,5-6,9H2,1H3. The van der Waals surface area contributed by atoms with E-state index in [0.29, 0.717) is 6.04 Å². The summed E-state index contributed by atoms with van der Waals surface area (Å²) in [6.45, 7) is 0.884. The zero-order valence-electron chi connectivity index (χ0n) is 9.63. The predicted molar refractivity (Wildman–Crippen MR) is 69.8 cm³/mol. The number of methoxy groups -OCH3 is 1. The van der Waals surface area contributed by atoms with Crippen LogP contribution in [0, 0.1) is 0 Å². The maximum atomic E-state index is 5.37. The van der Waals surface area contributed by atoms with Crippen molar-refractivity contribution in [3.8, 4) is 5.75 Å². The SMILES string of the molecule is COc1cccc(Br)c1CNC1CCCC1. The predicted octanol–water partition coefficient (Wildman–Crippen LogP) is 3.49. The third-order valence-electron chi connectivity index (χ3n) is 3.22. The molecule has 0 heterocycles. The van der Waals surface area contributed by atoms with Gasteiger partial charge in [0.15, 0.2) is 0 Å². The van der Waals surface area contributed by atoms with Crippen LogP contribution in [0.2, 0.25) is 0 Å². The summed E-state index contributed by atoms with van der Waals surface area (Å²) < 4.78 is 6.49. The molecule has 0 bridgehead atoms. The van der Waals surface area contributed by atoms with Gasteiger partial charge < -0.3 is 10.1 Å². The third-order valence-corrected chi connectivity index (χ3v) is 3.96. The molecule has 0 unspecified atom stereocenters. The molecule has 16 heavy (non-hydrogen) atoms. The minimum absolute atomic E-state index is 0.691. The van der Waals surface area contributed by atoms with Crippen molar-refractivity contribution >= 4 is 15.9 Å². The highest BCUT2D eigenvalue weighted by molar-refractivity contribution is 9.10. The molecule has 2 rings (SSSR count). The first kappa shape index (κ1) is 11.9. The molecule has 0 aliphatic heterocycles. The van der Waals surface area contributed by atoms with Crippen LogP contribution in [-0.2, 0) is 6.54 Å². The Kier molecular flexibility index (Phi) is 4.24. The van der Waals surface area contributed by atoms with E-state index in [1.54, 1.807) is 7.11 Å². The molecular weight excluding hydrogens is 266 g/mol. The normalized spacial score (nSPS) is 16.6. The minimum Gasteiger partial charge on any atom is -0.496 e. The number of nitrogens with one attached hydrogen (secondary N) is 1. The maximum absolute atomic E-state index is 5.37. The molecule has 0 radical (unpaired) electrons.